The maximum absolute atomic E-state index is 11.6. The first-order valence-corrected chi connectivity index (χ1v) is 13.4. The normalized spacial score (nSPS) is 18.9. The van der Waals surface area contributed by atoms with Gasteiger partial charge in [0, 0.05) is 12.8 Å². The minimum atomic E-state index is -4.03. The molecule has 0 aliphatic heterocycles. The first-order valence-electron chi connectivity index (χ1n) is 7.08. The SMILES string of the molecule is FC(F)(F)CC[C]1[CH][CH][CH][CH]1.FC(F)(F)CC[C]1[CH][CH][CH][CH]1.[Cl][Zr+2][Cl]. The van der Waals surface area contributed by atoms with E-state index < -0.39 is 46.0 Å². The van der Waals surface area contributed by atoms with E-state index in [1.54, 1.807) is 51.4 Å². The first-order chi connectivity index (χ1) is 11.6. The average molecular weight is 484 g/mol. The van der Waals surface area contributed by atoms with Crippen molar-refractivity contribution < 1.29 is 47.2 Å². The van der Waals surface area contributed by atoms with Gasteiger partial charge in [-0.15, -0.1) is 0 Å². The molecular formula is C16H16Cl2F6Zr+2. The summed E-state index contributed by atoms with van der Waals surface area (Å²) >= 11 is -0.826. The summed E-state index contributed by atoms with van der Waals surface area (Å²) in [6.45, 7) is 0. The zero-order chi connectivity index (χ0) is 19.3. The second-order valence-corrected chi connectivity index (χ2v) is 8.62. The third kappa shape index (κ3) is 18.2. The van der Waals surface area contributed by atoms with Crippen LogP contribution in [0.15, 0.2) is 0 Å². The van der Waals surface area contributed by atoms with Crippen LogP contribution >= 0.6 is 17.0 Å². The average Bonchev–Trinajstić information content (AvgIpc) is 3.17. The molecule has 0 amide bonds. The van der Waals surface area contributed by atoms with Crippen molar-refractivity contribution in [2.24, 2.45) is 0 Å². The Morgan fingerprint density at radius 2 is 0.880 bits per heavy atom. The van der Waals surface area contributed by atoms with Gasteiger partial charge < -0.3 is 0 Å². The molecule has 2 saturated carbocycles. The van der Waals surface area contributed by atoms with Gasteiger partial charge in [-0.25, -0.2) is 0 Å². The molecule has 138 valence electrons. The van der Waals surface area contributed by atoms with Gasteiger partial charge in [0.25, 0.3) is 0 Å². The second-order valence-electron chi connectivity index (χ2n) is 4.89. The monoisotopic (exact) mass is 482 g/mol. The van der Waals surface area contributed by atoms with E-state index in [-0.39, 0.29) is 12.8 Å². The van der Waals surface area contributed by atoms with Crippen molar-refractivity contribution in [3.8, 4) is 0 Å². The van der Waals surface area contributed by atoms with Gasteiger partial charge in [-0.2, -0.15) is 26.3 Å². The fourth-order valence-corrected chi connectivity index (χ4v) is 1.73. The van der Waals surface area contributed by atoms with Gasteiger partial charge in [0.2, 0.25) is 0 Å². The van der Waals surface area contributed by atoms with Gasteiger partial charge in [0.1, 0.15) is 0 Å². The summed E-state index contributed by atoms with van der Waals surface area (Å²) < 4.78 is 69.9. The van der Waals surface area contributed by atoms with Crippen LogP contribution in [0.5, 0.6) is 0 Å². The van der Waals surface area contributed by atoms with Crippen LogP contribution in [-0.4, -0.2) is 12.4 Å². The topological polar surface area (TPSA) is 0 Å². The molecule has 9 heteroatoms. The summed E-state index contributed by atoms with van der Waals surface area (Å²) in [4.78, 5) is 0. The van der Waals surface area contributed by atoms with E-state index in [4.69, 9.17) is 17.0 Å². The zero-order valence-electron chi connectivity index (χ0n) is 13.0. The molecule has 0 N–H and O–H groups in total. The molecule has 0 unspecified atom stereocenters. The van der Waals surface area contributed by atoms with E-state index in [1.807, 2.05) is 0 Å². The predicted octanol–water partition coefficient (Wildman–Crippen LogP) is 6.84. The molecule has 0 spiro atoms. The van der Waals surface area contributed by atoms with Gasteiger partial charge >= 0.3 is 50.2 Å². The first kappa shape index (κ1) is 26.0. The minimum absolute atomic E-state index is 0.0937. The van der Waals surface area contributed by atoms with E-state index in [2.05, 4.69) is 0 Å². The van der Waals surface area contributed by atoms with Crippen molar-refractivity contribution in [2.75, 3.05) is 0 Å². The van der Waals surface area contributed by atoms with Crippen LogP contribution in [0.4, 0.5) is 26.3 Å². The van der Waals surface area contributed by atoms with Crippen LogP contribution in [-0.2, 0) is 20.8 Å². The Morgan fingerprint density at radius 3 is 1.08 bits per heavy atom. The van der Waals surface area contributed by atoms with E-state index in [9.17, 15) is 26.3 Å². The van der Waals surface area contributed by atoms with Crippen molar-refractivity contribution in [3.63, 3.8) is 0 Å². The number of alkyl halides is 6. The maximum atomic E-state index is 11.6. The molecule has 10 radical (unpaired) electrons. The van der Waals surface area contributed by atoms with Gasteiger partial charge in [-0.05, 0) is 76.0 Å². The van der Waals surface area contributed by atoms with E-state index in [0.29, 0.717) is 0 Å². The molecule has 0 aromatic heterocycles. The van der Waals surface area contributed by atoms with Gasteiger partial charge in [-0.1, -0.05) is 0 Å². The quantitative estimate of drug-likeness (QED) is 0.383. The molecule has 0 heterocycles. The van der Waals surface area contributed by atoms with E-state index in [1.165, 1.54) is 0 Å². The Balaban J connectivity index is 0.000000399. The van der Waals surface area contributed by atoms with Gasteiger partial charge in [0.15, 0.2) is 0 Å². The molecule has 0 aromatic carbocycles. The zero-order valence-corrected chi connectivity index (χ0v) is 16.9. The van der Waals surface area contributed by atoms with Crippen molar-refractivity contribution >= 4 is 17.0 Å². The van der Waals surface area contributed by atoms with Crippen LogP contribution in [0, 0.1) is 63.2 Å². The molecule has 0 nitrogen and oxygen atoms in total. The van der Waals surface area contributed by atoms with Crippen LogP contribution in [0.1, 0.15) is 25.7 Å². The molecule has 25 heavy (non-hydrogen) atoms. The standard InChI is InChI=1S/2C8H8F3.2ClH.Zr/c2*9-8(10,11)6-5-7-3-1-2-4-7;;;/h2*1-4H,5-6H2;2*1H;/q;;;;+4/p-2. The fourth-order valence-electron chi connectivity index (χ4n) is 1.73. The molecule has 0 bridgehead atoms. The number of halogens is 8. The third-order valence-electron chi connectivity index (χ3n) is 2.86. The summed E-state index contributed by atoms with van der Waals surface area (Å²) in [6, 6.07) is 0. The van der Waals surface area contributed by atoms with Crippen LogP contribution in [0.25, 0.3) is 0 Å². The molecule has 2 aliphatic carbocycles. The van der Waals surface area contributed by atoms with E-state index in [0.717, 1.165) is 11.8 Å². The van der Waals surface area contributed by atoms with Gasteiger partial charge in [-0.3, -0.25) is 0 Å². The van der Waals surface area contributed by atoms with E-state index >= 15 is 0 Å². The molecule has 2 aliphatic rings. The summed E-state index contributed by atoms with van der Waals surface area (Å²) in [5.41, 5.74) is 0. The predicted molar refractivity (Wildman–Crippen MR) is 83.2 cm³/mol. The van der Waals surface area contributed by atoms with Crippen LogP contribution in [0.2, 0.25) is 0 Å². The summed E-state index contributed by atoms with van der Waals surface area (Å²) in [5, 5.41) is 0. The van der Waals surface area contributed by atoms with Crippen LogP contribution < -0.4 is 0 Å². The van der Waals surface area contributed by atoms with Crippen molar-refractivity contribution in [2.45, 2.75) is 38.0 Å². The second kappa shape index (κ2) is 14.1. The Bertz CT molecular complexity index is 281. The molecule has 0 atom stereocenters. The Morgan fingerprint density at radius 1 is 0.640 bits per heavy atom. The Kier molecular flexibility index (Phi) is 14.7. The van der Waals surface area contributed by atoms with Gasteiger partial charge in [0.05, 0.1) is 0 Å². The Labute approximate surface area is 165 Å². The third-order valence-corrected chi connectivity index (χ3v) is 2.86. The molecule has 0 aromatic rings. The summed E-state index contributed by atoms with van der Waals surface area (Å²) in [7, 11) is 9.87. The van der Waals surface area contributed by atoms with Crippen molar-refractivity contribution in [3.05, 3.63) is 63.2 Å². The molecular weight excluding hydrogens is 468 g/mol. The van der Waals surface area contributed by atoms with Crippen molar-refractivity contribution in [1.82, 2.24) is 0 Å². The Hall–Kier alpha value is 1.04. The molecule has 0 saturated heterocycles. The number of hydrogen-bond acceptors (Lipinski definition) is 0. The van der Waals surface area contributed by atoms with Crippen LogP contribution in [0.3, 0.4) is 0 Å². The molecule has 2 rings (SSSR count). The van der Waals surface area contributed by atoms with Crippen molar-refractivity contribution in [1.29, 1.82) is 0 Å². The fraction of sp³-hybridized carbons (Fsp3) is 0.375. The summed E-state index contributed by atoms with van der Waals surface area (Å²) in [6.07, 6.45) is 4.44. The molecule has 2 fully saturated rings. The number of hydrogen-bond donors (Lipinski definition) is 0. The summed E-state index contributed by atoms with van der Waals surface area (Å²) in [5.74, 6) is 1.50. The number of rotatable bonds is 4.